The average Bonchev–Trinajstić information content (AvgIpc) is 2.74. The Balaban J connectivity index is 1.63. The van der Waals surface area contributed by atoms with Crippen LogP contribution in [0.3, 0.4) is 0 Å². The van der Waals surface area contributed by atoms with Crippen LogP contribution in [0.25, 0.3) is 0 Å². The minimum Gasteiger partial charge on any atom is -0.494 e. The molecule has 0 aromatic heterocycles. The van der Waals surface area contributed by atoms with Crippen molar-refractivity contribution in [2.24, 2.45) is 5.10 Å². The van der Waals surface area contributed by atoms with E-state index in [4.69, 9.17) is 4.74 Å². The molecule has 29 heavy (non-hydrogen) atoms. The number of nitrogens with zero attached hydrogens (tertiary/aromatic N) is 1. The lowest BCUT2D eigenvalue weighted by Crippen LogP contribution is -2.17. The molecule has 0 bridgehead atoms. The Hall–Kier alpha value is -2.14. The number of hydrogen-bond acceptors (Lipinski definition) is 3. The van der Waals surface area contributed by atoms with Crippen LogP contribution in [0.15, 0.2) is 58.1 Å². The Morgan fingerprint density at radius 1 is 0.931 bits per heavy atom. The first kappa shape index (κ1) is 23.1. The minimum absolute atomic E-state index is 0.243. The van der Waals surface area contributed by atoms with E-state index in [0.29, 0.717) is 5.56 Å². The zero-order chi connectivity index (χ0) is 20.7. The molecule has 0 spiro atoms. The van der Waals surface area contributed by atoms with Gasteiger partial charge in [0.2, 0.25) is 0 Å². The molecule has 156 valence electrons. The predicted molar refractivity (Wildman–Crippen MR) is 124 cm³/mol. The third-order valence-electron chi connectivity index (χ3n) is 4.63. The molecule has 0 unspecified atom stereocenters. The summed E-state index contributed by atoms with van der Waals surface area (Å²) < 4.78 is 6.77. The van der Waals surface area contributed by atoms with Crippen molar-refractivity contribution in [1.29, 1.82) is 0 Å². The first-order valence-corrected chi connectivity index (χ1v) is 11.3. The Labute approximate surface area is 182 Å². The summed E-state index contributed by atoms with van der Waals surface area (Å²) in [5.41, 5.74) is 4.01. The maximum Gasteiger partial charge on any atom is 0.271 e. The monoisotopic (exact) mass is 458 g/mol. The third kappa shape index (κ3) is 9.75. The van der Waals surface area contributed by atoms with E-state index in [1.54, 1.807) is 18.3 Å². The first-order valence-electron chi connectivity index (χ1n) is 10.5. The van der Waals surface area contributed by atoms with Gasteiger partial charge in [0.25, 0.3) is 5.91 Å². The number of hydrazone groups is 1. The molecule has 0 heterocycles. The van der Waals surface area contributed by atoms with Crippen LogP contribution >= 0.6 is 15.9 Å². The van der Waals surface area contributed by atoms with E-state index in [9.17, 15) is 4.79 Å². The van der Waals surface area contributed by atoms with E-state index in [1.807, 2.05) is 36.4 Å². The van der Waals surface area contributed by atoms with Crippen LogP contribution in [0.2, 0.25) is 0 Å². The summed E-state index contributed by atoms with van der Waals surface area (Å²) in [6, 6.07) is 14.9. The molecule has 0 aliphatic rings. The molecule has 1 N–H and O–H groups in total. The largest absolute Gasteiger partial charge is 0.494 e. The van der Waals surface area contributed by atoms with Crippen molar-refractivity contribution in [3.05, 3.63) is 64.1 Å². The lowest BCUT2D eigenvalue weighted by Gasteiger charge is -2.07. The van der Waals surface area contributed by atoms with Crippen molar-refractivity contribution in [3.63, 3.8) is 0 Å². The Morgan fingerprint density at radius 3 is 2.21 bits per heavy atom. The number of carbonyl (C=O) groups excluding carboxylic acids is 1. The zero-order valence-corrected chi connectivity index (χ0v) is 18.8. The fraction of sp³-hybridized carbons (Fsp3) is 0.417. The van der Waals surface area contributed by atoms with Crippen LogP contribution in [0.5, 0.6) is 5.75 Å². The van der Waals surface area contributed by atoms with Gasteiger partial charge in [-0.2, -0.15) is 5.10 Å². The second-order valence-electron chi connectivity index (χ2n) is 7.10. The number of carbonyl (C=O) groups is 1. The number of halogens is 1. The van der Waals surface area contributed by atoms with E-state index in [2.05, 4.69) is 33.4 Å². The summed E-state index contributed by atoms with van der Waals surface area (Å²) in [6.07, 6.45) is 11.9. The Morgan fingerprint density at radius 2 is 1.55 bits per heavy atom. The highest BCUT2D eigenvalue weighted by Gasteiger charge is 2.04. The summed E-state index contributed by atoms with van der Waals surface area (Å²) in [6.45, 7) is 2.97. The summed E-state index contributed by atoms with van der Waals surface area (Å²) in [5, 5.41) is 4.00. The summed E-state index contributed by atoms with van der Waals surface area (Å²) in [4.78, 5) is 12.2. The van der Waals surface area contributed by atoms with Gasteiger partial charge in [-0.25, -0.2) is 5.43 Å². The van der Waals surface area contributed by atoms with Gasteiger partial charge in [0.1, 0.15) is 5.75 Å². The van der Waals surface area contributed by atoms with Crippen LogP contribution in [0.1, 0.15) is 74.2 Å². The lowest BCUT2D eigenvalue weighted by molar-refractivity contribution is 0.0955. The second-order valence-corrected chi connectivity index (χ2v) is 8.01. The molecule has 0 saturated heterocycles. The Kier molecular flexibility index (Phi) is 11.1. The predicted octanol–water partition coefficient (Wildman–Crippen LogP) is 6.73. The van der Waals surface area contributed by atoms with E-state index in [1.165, 1.54) is 44.9 Å². The summed E-state index contributed by atoms with van der Waals surface area (Å²) in [5.74, 6) is 0.552. The molecular weight excluding hydrogens is 428 g/mol. The highest BCUT2D eigenvalue weighted by molar-refractivity contribution is 9.10. The van der Waals surface area contributed by atoms with Crippen molar-refractivity contribution in [2.45, 2.75) is 58.3 Å². The van der Waals surface area contributed by atoms with Gasteiger partial charge in [-0.3, -0.25) is 4.79 Å². The van der Waals surface area contributed by atoms with Crippen LogP contribution in [0.4, 0.5) is 0 Å². The number of ether oxygens (including phenoxy) is 1. The zero-order valence-electron chi connectivity index (χ0n) is 17.2. The molecule has 0 atom stereocenters. The number of amides is 1. The molecule has 0 saturated carbocycles. The van der Waals surface area contributed by atoms with E-state index in [0.717, 1.165) is 28.8 Å². The fourth-order valence-electron chi connectivity index (χ4n) is 2.91. The van der Waals surface area contributed by atoms with E-state index < -0.39 is 0 Å². The van der Waals surface area contributed by atoms with Crippen molar-refractivity contribution in [2.75, 3.05) is 6.61 Å². The SMILES string of the molecule is CCCCCCCCCCOc1ccc(C(=O)N/N=C/c2ccc(Br)cc2)cc1. The summed E-state index contributed by atoms with van der Waals surface area (Å²) >= 11 is 3.39. The van der Waals surface area contributed by atoms with Gasteiger partial charge in [-0.15, -0.1) is 0 Å². The summed E-state index contributed by atoms with van der Waals surface area (Å²) in [7, 11) is 0. The van der Waals surface area contributed by atoms with Gasteiger partial charge < -0.3 is 4.74 Å². The topological polar surface area (TPSA) is 50.7 Å². The number of benzene rings is 2. The first-order chi connectivity index (χ1) is 14.2. The van der Waals surface area contributed by atoms with Crippen molar-refractivity contribution < 1.29 is 9.53 Å². The number of rotatable bonds is 13. The van der Waals surface area contributed by atoms with Crippen molar-refractivity contribution in [3.8, 4) is 5.75 Å². The normalized spacial score (nSPS) is 11.0. The van der Waals surface area contributed by atoms with Gasteiger partial charge in [0.15, 0.2) is 0 Å². The van der Waals surface area contributed by atoms with Gasteiger partial charge in [0, 0.05) is 10.0 Å². The molecule has 2 aromatic carbocycles. The number of nitrogens with one attached hydrogen (secondary N) is 1. The van der Waals surface area contributed by atoms with Crippen LogP contribution in [0, 0.1) is 0 Å². The van der Waals surface area contributed by atoms with Gasteiger partial charge >= 0.3 is 0 Å². The quantitative estimate of drug-likeness (QED) is 0.205. The molecule has 2 aromatic rings. The molecule has 2 rings (SSSR count). The molecular formula is C24H31BrN2O2. The lowest BCUT2D eigenvalue weighted by atomic mass is 10.1. The maximum atomic E-state index is 12.2. The highest BCUT2D eigenvalue weighted by Crippen LogP contribution is 2.14. The number of hydrogen-bond donors (Lipinski definition) is 1. The average molecular weight is 459 g/mol. The molecule has 5 heteroatoms. The van der Waals surface area contributed by atoms with Crippen LogP contribution in [-0.4, -0.2) is 18.7 Å². The van der Waals surface area contributed by atoms with Gasteiger partial charge in [-0.05, 0) is 48.4 Å². The Bertz CT molecular complexity index is 742. The number of unbranched alkanes of at least 4 members (excludes halogenated alkanes) is 7. The van der Waals surface area contributed by atoms with Gasteiger partial charge in [0.05, 0.1) is 12.8 Å². The molecule has 1 amide bonds. The van der Waals surface area contributed by atoms with E-state index >= 15 is 0 Å². The van der Waals surface area contributed by atoms with Crippen LogP contribution < -0.4 is 10.2 Å². The third-order valence-corrected chi connectivity index (χ3v) is 5.16. The van der Waals surface area contributed by atoms with E-state index in [-0.39, 0.29) is 5.91 Å². The maximum absolute atomic E-state index is 12.2. The molecule has 4 nitrogen and oxygen atoms in total. The molecule has 0 fully saturated rings. The minimum atomic E-state index is -0.243. The molecule has 0 aliphatic carbocycles. The molecule has 0 radical (unpaired) electrons. The second kappa shape index (κ2) is 13.9. The van der Waals surface area contributed by atoms with Gasteiger partial charge in [-0.1, -0.05) is 79.9 Å². The fourth-order valence-corrected chi connectivity index (χ4v) is 3.17. The smallest absolute Gasteiger partial charge is 0.271 e. The standard InChI is InChI=1S/C24H31BrN2O2/c1-2-3-4-5-6-7-8-9-18-29-23-16-12-21(13-17-23)24(28)27-26-19-20-10-14-22(25)15-11-20/h10-17,19H,2-9,18H2,1H3,(H,27,28)/b26-19+. The highest BCUT2D eigenvalue weighted by atomic mass is 79.9. The van der Waals surface area contributed by atoms with Crippen molar-refractivity contribution in [1.82, 2.24) is 5.43 Å². The van der Waals surface area contributed by atoms with Crippen molar-refractivity contribution >= 4 is 28.1 Å². The van der Waals surface area contributed by atoms with Crippen LogP contribution in [-0.2, 0) is 0 Å². The molecule has 0 aliphatic heterocycles.